The summed E-state index contributed by atoms with van der Waals surface area (Å²) >= 11 is 0. The number of likely N-dealkylation sites (tertiary alicyclic amines) is 1. The van der Waals surface area contributed by atoms with Crippen LogP contribution in [-0.4, -0.2) is 37.5 Å². The molecule has 98 valence electrons. The highest BCUT2D eigenvalue weighted by atomic mass is 16.1. The van der Waals surface area contributed by atoms with E-state index in [-0.39, 0.29) is 5.91 Å². The fourth-order valence-corrected chi connectivity index (χ4v) is 2.33. The van der Waals surface area contributed by atoms with Crippen molar-refractivity contribution in [3.05, 3.63) is 29.8 Å². The minimum atomic E-state index is -0.0712. The van der Waals surface area contributed by atoms with Gasteiger partial charge >= 0.3 is 0 Å². The third kappa shape index (κ3) is 3.00. The number of hydrogen-bond acceptors (Lipinski definition) is 4. The monoisotopic (exact) mass is 248 g/mol. The molecule has 1 fully saturated rings. The molecular formula is C13H20N4O. The molecule has 1 aromatic carbocycles. The molecule has 5 heteroatoms. The lowest BCUT2D eigenvalue weighted by Gasteiger charge is -2.13. The number of anilines is 1. The van der Waals surface area contributed by atoms with Crippen molar-refractivity contribution in [3.63, 3.8) is 0 Å². The van der Waals surface area contributed by atoms with Crippen molar-refractivity contribution in [2.45, 2.75) is 6.42 Å². The number of carbonyl (C=O) groups excluding carboxylic acids is 1. The molecule has 0 radical (unpaired) electrons. The summed E-state index contributed by atoms with van der Waals surface area (Å²) in [6.45, 7) is 2.89. The van der Waals surface area contributed by atoms with Crippen molar-refractivity contribution >= 4 is 11.6 Å². The number of para-hydroxylation sites is 1. The Balaban J connectivity index is 1.91. The van der Waals surface area contributed by atoms with Gasteiger partial charge in [-0.2, -0.15) is 0 Å². The zero-order chi connectivity index (χ0) is 13.0. The van der Waals surface area contributed by atoms with E-state index in [1.807, 2.05) is 12.1 Å². The van der Waals surface area contributed by atoms with Crippen molar-refractivity contribution in [2.24, 2.45) is 11.8 Å². The lowest BCUT2D eigenvalue weighted by atomic mass is 10.1. The van der Waals surface area contributed by atoms with Gasteiger partial charge in [-0.05, 0) is 38.1 Å². The second-order valence-electron chi connectivity index (χ2n) is 4.82. The maximum atomic E-state index is 12.0. The van der Waals surface area contributed by atoms with Gasteiger partial charge in [0, 0.05) is 13.1 Å². The molecule has 0 spiro atoms. The summed E-state index contributed by atoms with van der Waals surface area (Å²) in [5, 5.41) is 2.98. The van der Waals surface area contributed by atoms with Crippen molar-refractivity contribution in [3.8, 4) is 0 Å². The number of nitrogens with zero attached hydrogens (tertiary/aromatic N) is 1. The van der Waals surface area contributed by atoms with E-state index in [0.29, 0.717) is 17.2 Å². The molecule has 0 aromatic heterocycles. The molecule has 2 rings (SSSR count). The summed E-state index contributed by atoms with van der Waals surface area (Å²) < 4.78 is 0. The molecule has 1 aromatic rings. The summed E-state index contributed by atoms with van der Waals surface area (Å²) in [4.78, 5) is 14.3. The normalized spacial score (nSPS) is 19.8. The first-order valence-electron chi connectivity index (χ1n) is 6.23. The van der Waals surface area contributed by atoms with E-state index in [9.17, 15) is 4.79 Å². The number of nitrogens with two attached hydrogens (primary N) is 1. The molecule has 4 N–H and O–H groups in total. The molecule has 1 unspecified atom stereocenters. The van der Waals surface area contributed by atoms with Gasteiger partial charge in [0.2, 0.25) is 0 Å². The van der Waals surface area contributed by atoms with Crippen LogP contribution >= 0.6 is 0 Å². The van der Waals surface area contributed by atoms with Crippen LogP contribution in [-0.2, 0) is 0 Å². The van der Waals surface area contributed by atoms with Crippen LogP contribution in [0.2, 0.25) is 0 Å². The Kier molecular flexibility index (Phi) is 4.17. The van der Waals surface area contributed by atoms with Crippen LogP contribution in [0.4, 0.5) is 5.69 Å². The topological polar surface area (TPSA) is 70.4 Å². The summed E-state index contributed by atoms with van der Waals surface area (Å²) in [6, 6.07) is 7.24. The highest BCUT2D eigenvalue weighted by Gasteiger charge is 2.20. The minimum Gasteiger partial charge on any atom is -0.352 e. The average molecular weight is 248 g/mol. The highest BCUT2D eigenvalue weighted by Crippen LogP contribution is 2.15. The molecule has 0 aliphatic carbocycles. The fraction of sp³-hybridized carbons (Fsp3) is 0.462. The quantitative estimate of drug-likeness (QED) is 0.540. The van der Waals surface area contributed by atoms with Crippen molar-refractivity contribution in [1.82, 2.24) is 10.2 Å². The lowest BCUT2D eigenvalue weighted by Crippen LogP contribution is -2.31. The number of rotatable bonds is 4. The maximum absolute atomic E-state index is 12.0. The Morgan fingerprint density at radius 3 is 2.94 bits per heavy atom. The zero-order valence-electron chi connectivity index (χ0n) is 10.6. The van der Waals surface area contributed by atoms with E-state index < -0.39 is 0 Å². The van der Waals surface area contributed by atoms with Crippen LogP contribution in [0, 0.1) is 5.92 Å². The summed E-state index contributed by atoms with van der Waals surface area (Å²) in [7, 11) is 2.11. The van der Waals surface area contributed by atoms with Crippen LogP contribution in [0.1, 0.15) is 16.8 Å². The molecule has 1 aliphatic rings. The Morgan fingerprint density at radius 1 is 1.50 bits per heavy atom. The van der Waals surface area contributed by atoms with Gasteiger partial charge < -0.3 is 15.6 Å². The molecule has 1 heterocycles. The number of hydrogen-bond donors (Lipinski definition) is 3. The van der Waals surface area contributed by atoms with Crippen LogP contribution in [0.15, 0.2) is 24.3 Å². The molecule has 1 amide bonds. The van der Waals surface area contributed by atoms with Crippen LogP contribution in [0.3, 0.4) is 0 Å². The third-order valence-corrected chi connectivity index (χ3v) is 3.37. The second-order valence-corrected chi connectivity index (χ2v) is 4.82. The fourth-order valence-electron chi connectivity index (χ4n) is 2.33. The van der Waals surface area contributed by atoms with Gasteiger partial charge in [0.25, 0.3) is 5.91 Å². The van der Waals surface area contributed by atoms with Crippen molar-refractivity contribution in [1.29, 1.82) is 0 Å². The predicted octanol–water partition coefficient (Wildman–Crippen LogP) is 0.654. The molecule has 1 atom stereocenters. The molecule has 5 nitrogen and oxygen atoms in total. The maximum Gasteiger partial charge on any atom is 0.253 e. The molecule has 1 saturated heterocycles. The number of carbonyl (C=O) groups is 1. The number of hydrazine groups is 1. The predicted molar refractivity (Wildman–Crippen MR) is 72.2 cm³/mol. The van der Waals surface area contributed by atoms with Gasteiger partial charge in [-0.25, -0.2) is 0 Å². The van der Waals surface area contributed by atoms with E-state index in [0.717, 1.165) is 26.1 Å². The molecule has 0 bridgehead atoms. The van der Waals surface area contributed by atoms with Crippen molar-refractivity contribution in [2.75, 3.05) is 32.1 Å². The van der Waals surface area contributed by atoms with Gasteiger partial charge in [0.15, 0.2) is 0 Å². The molecule has 0 saturated carbocycles. The summed E-state index contributed by atoms with van der Waals surface area (Å²) in [5.74, 6) is 5.87. The van der Waals surface area contributed by atoms with Crippen molar-refractivity contribution < 1.29 is 4.79 Å². The first kappa shape index (κ1) is 12.9. The number of amides is 1. The van der Waals surface area contributed by atoms with Crippen LogP contribution < -0.4 is 16.6 Å². The lowest BCUT2D eigenvalue weighted by molar-refractivity contribution is 0.0948. The van der Waals surface area contributed by atoms with Crippen LogP contribution in [0.5, 0.6) is 0 Å². The Hall–Kier alpha value is -1.59. The minimum absolute atomic E-state index is 0.0712. The Labute approximate surface area is 107 Å². The molecule has 1 aliphatic heterocycles. The largest absolute Gasteiger partial charge is 0.352 e. The Morgan fingerprint density at radius 2 is 2.28 bits per heavy atom. The Bertz CT molecular complexity index is 421. The smallest absolute Gasteiger partial charge is 0.253 e. The van der Waals surface area contributed by atoms with E-state index >= 15 is 0 Å². The van der Waals surface area contributed by atoms with E-state index in [1.54, 1.807) is 12.1 Å². The first-order valence-corrected chi connectivity index (χ1v) is 6.23. The first-order chi connectivity index (χ1) is 8.70. The van der Waals surface area contributed by atoms with E-state index in [4.69, 9.17) is 5.84 Å². The number of nitrogen functional groups attached to an aromatic ring is 1. The molecular weight excluding hydrogens is 228 g/mol. The van der Waals surface area contributed by atoms with Gasteiger partial charge in [-0.15, -0.1) is 0 Å². The van der Waals surface area contributed by atoms with E-state index in [2.05, 4.69) is 22.7 Å². The zero-order valence-corrected chi connectivity index (χ0v) is 10.6. The van der Waals surface area contributed by atoms with Gasteiger partial charge in [-0.3, -0.25) is 10.6 Å². The standard InChI is InChI=1S/C13H20N4O/c1-17-7-6-10(9-17)8-15-13(18)11-4-2-3-5-12(11)16-14/h2-5,10,16H,6-9,14H2,1H3,(H,15,18). The third-order valence-electron chi connectivity index (χ3n) is 3.37. The highest BCUT2D eigenvalue weighted by molar-refractivity contribution is 5.99. The van der Waals surface area contributed by atoms with Gasteiger partial charge in [0.05, 0.1) is 11.3 Å². The van der Waals surface area contributed by atoms with Gasteiger partial charge in [-0.1, -0.05) is 12.1 Å². The SMILES string of the molecule is CN1CCC(CNC(=O)c2ccccc2NN)C1. The second kappa shape index (κ2) is 5.84. The number of nitrogens with one attached hydrogen (secondary N) is 2. The van der Waals surface area contributed by atoms with Crippen LogP contribution in [0.25, 0.3) is 0 Å². The van der Waals surface area contributed by atoms with Gasteiger partial charge in [0.1, 0.15) is 0 Å². The molecule has 18 heavy (non-hydrogen) atoms. The summed E-state index contributed by atoms with van der Waals surface area (Å²) in [5.41, 5.74) is 3.78. The van der Waals surface area contributed by atoms with E-state index in [1.165, 1.54) is 0 Å². The number of benzene rings is 1. The average Bonchev–Trinajstić information content (AvgIpc) is 2.81. The summed E-state index contributed by atoms with van der Waals surface area (Å²) in [6.07, 6.45) is 1.15.